The summed E-state index contributed by atoms with van der Waals surface area (Å²) < 4.78 is 28.6. The molecule has 1 fully saturated rings. The van der Waals surface area contributed by atoms with Crippen LogP contribution in [-0.2, 0) is 10.0 Å². The Morgan fingerprint density at radius 2 is 1.57 bits per heavy atom. The van der Waals surface area contributed by atoms with Gasteiger partial charge >= 0.3 is 0 Å². The van der Waals surface area contributed by atoms with Crippen LogP contribution < -0.4 is 10.0 Å². The molecule has 1 aliphatic carbocycles. The first-order chi connectivity index (χ1) is 13.3. The monoisotopic (exact) mass is 400 g/mol. The number of para-hydroxylation sites is 1. The third-order valence-corrected chi connectivity index (χ3v) is 6.77. The average molecular weight is 401 g/mol. The molecule has 1 aliphatic rings. The predicted molar refractivity (Wildman–Crippen MR) is 112 cm³/mol. The maximum atomic E-state index is 12.9. The summed E-state index contributed by atoms with van der Waals surface area (Å²) >= 11 is 0. The fourth-order valence-corrected chi connectivity index (χ4v) is 4.92. The summed E-state index contributed by atoms with van der Waals surface area (Å²) in [5.41, 5.74) is 3.46. The summed E-state index contributed by atoms with van der Waals surface area (Å²) in [6.07, 6.45) is 5.42. The first-order valence-electron chi connectivity index (χ1n) is 9.78. The Morgan fingerprint density at radius 3 is 2.21 bits per heavy atom. The zero-order valence-corrected chi connectivity index (χ0v) is 17.5. The van der Waals surface area contributed by atoms with Crippen molar-refractivity contribution in [1.29, 1.82) is 0 Å². The van der Waals surface area contributed by atoms with E-state index in [1.54, 1.807) is 12.1 Å². The fourth-order valence-electron chi connectivity index (χ4n) is 3.69. The van der Waals surface area contributed by atoms with E-state index < -0.39 is 10.0 Å². The van der Waals surface area contributed by atoms with Gasteiger partial charge in [0.15, 0.2) is 0 Å². The molecule has 2 aromatic carbocycles. The van der Waals surface area contributed by atoms with Crippen LogP contribution in [0.15, 0.2) is 41.3 Å². The van der Waals surface area contributed by atoms with Crippen molar-refractivity contribution in [3.63, 3.8) is 0 Å². The molecule has 3 rings (SSSR count). The third kappa shape index (κ3) is 4.55. The lowest BCUT2D eigenvalue weighted by molar-refractivity contribution is 0.0927. The van der Waals surface area contributed by atoms with Crippen molar-refractivity contribution < 1.29 is 13.2 Å². The van der Waals surface area contributed by atoms with Gasteiger partial charge < -0.3 is 5.32 Å². The Kier molecular flexibility index (Phi) is 6.08. The smallest absolute Gasteiger partial charge is 0.261 e. The Balaban J connectivity index is 1.86. The normalized spacial score (nSPS) is 15.2. The lowest BCUT2D eigenvalue weighted by Crippen LogP contribution is -2.36. The van der Waals surface area contributed by atoms with Crippen molar-refractivity contribution in [2.45, 2.75) is 63.8 Å². The molecule has 0 saturated heterocycles. The highest BCUT2D eigenvalue weighted by Gasteiger charge is 2.22. The number of hydrogen-bond donors (Lipinski definition) is 2. The molecule has 6 heteroatoms. The van der Waals surface area contributed by atoms with Crippen LogP contribution in [0, 0.1) is 20.8 Å². The average Bonchev–Trinajstić information content (AvgIpc) is 2.66. The molecule has 2 N–H and O–H groups in total. The number of amides is 1. The fraction of sp³-hybridized carbons (Fsp3) is 0.409. The van der Waals surface area contributed by atoms with Crippen LogP contribution in [0.2, 0.25) is 0 Å². The van der Waals surface area contributed by atoms with Crippen LogP contribution in [0.1, 0.15) is 59.2 Å². The number of carbonyl (C=O) groups is 1. The second kappa shape index (κ2) is 8.35. The molecule has 28 heavy (non-hydrogen) atoms. The predicted octanol–water partition coefficient (Wildman–Crippen LogP) is 4.48. The lowest BCUT2D eigenvalue weighted by Gasteiger charge is -2.23. The summed E-state index contributed by atoms with van der Waals surface area (Å²) in [5.74, 6) is -0.200. The van der Waals surface area contributed by atoms with E-state index in [1.165, 1.54) is 12.5 Å². The van der Waals surface area contributed by atoms with Crippen molar-refractivity contribution >= 4 is 21.6 Å². The van der Waals surface area contributed by atoms with E-state index in [9.17, 15) is 13.2 Å². The van der Waals surface area contributed by atoms with Crippen LogP contribution in [-0.4, -0.2) is 20.4 Å². The number of carbonyl (C=O) groups excluding carboxylic acids is 1. The first kappa shape index (κ1) is 20.4. The summed E-state index contributed by atoms with van der Waals surface area (Å²) in [4.78, 5) is 12.8. The van der Waals surface area contributed by atoms with Crippen LogP contribution in [0.3, 0.4) is 0 Å². The van der Waals surface area contributed by atoms with Gasteiger partial charge in [-0.15, -0.1) is 0 Å². The van der Waals surface area contributed by atoms with Crippen LogP contribution in [0.5, 0.6) is 0 Å². The highest BCUT2D eigenvalue weighted by molar-refractivity contribution is 7.92. The Bertz CT molecular complexity index is 957. The second-order valence-electron chi connectivity index (χ2n) is 7.66. The minimum Gasteiger partial charge on any atom is -0.349 e. The molecule has 0 atom stereocenters. The first-order valence-corrected chi connectivity index (χ1v) is 11.3. The van der Waals surface area contributed by atoms with Gasteiger partial charge in [-0.2, -0.15) is 0 Å². The molecule has 0 bridgehead atoms. The minimum atomic E-state index is -3.79. The zero-order valence-electron chi connectivity index (χ0n) is 16.7. The number of sulfonamides is 1. The van der Waals surface area contributed by atoms with E-state index in [-0.39, 0.29) is 16.8 Å². The van der Waals surface area contributed by atoms with E-state index in [4.69, 9.17) is 0 Å². The van der Waals surface area contributed by atoms with Gasteiger partial charge in [-0.05, 0) is 62.4 Å². The van der Waals surface area contributed by atoms with Crippen molar-refractivity contribution in [2.24, 2.45) is 0 Å². The van der Waals surface area contributed by atoms with Gasteiger partial charge in [0, 0.05) is 11.6 Å². The molecule has 2 aromatic rings. The van der Waals surface area contributed by atoms with Crippen molar-refractivity contribution in [2.75, 3.05) is 4.72 Å². The van der Waals surface area contributed by atoms with Gasteiger partial charge in [0.1, 0.15) is 0 Å². The van der Waals surface area contributed by atoms with Gasteiger partial charge in [-0.3, -0.25) is 9.52 Å². The summed E-state index contributed by atoms with van der Waals surface area (Å²) in [5, 5.41) is 3.07. The molecule has 0 aliphatic heterocycles. The van der Waals surface area contributed by atoms with Gasteiger partial charge in [-0.1, -0.05) is 43.5 Å². The quantitative estimate of drug-likeness (QED) is 0.777. The van der Waals surface area contributed by atoms with Crippen molar-refractivity contribution in [1.82, 2.24) is 5.32 Å². The topological polar surface area (TPSA) is 75.3 Å². The van der Waals surface area contributed by atoms with Crippen LogP contribution in [0.4, 0.5) is 5.69 Å². The van der Waals surface area contributed by atoms with Crippen molar-refractivity contribution in [3.8, 4) is 0 Å². The summed E-state index contributed by atoms with van der Waals surface area (Å²) in [6, 6.07) is 10.5. The maximum Gasteiger partial charge on any atom is 0.261 e. The second-order valence-corrected chi connectivity index (χ2v) is 9.34. The molecule has 1 saturated carbocycles. The Hall–Kier alpha value is -2.34. The molecule has 0 spiro atoms. The molecule has 0 radical (unpaired) electrons. The number of benzene rings is 2. The third-order valence-electron chi connectivity index (χ3n) is 5.42. The summed E-state index contributed by atoms with van der Waals surface area (Å²) in [7, 11) is -3.79. The number of anilines is 1. The molecule has 0 heterocycles. The highest BCUT2D eigenvalue weighted by atomic mass is 32.2. The Labute approximate surface area is 167 Å². The van der Waals surface area contributed by atoms with Crippen molar-refractivity contribution in [3.05, 3.63) is 58.7 Å². The van der Waals surface area contributed by atoms with Gasteiger partial charge in [0.2, 0.25) is 0 Å². The van der Waals surface area contributed by atoms with E-state index in [0.717, 1.165) is 42.4 Å². The molecule has 5 nitrogen and oxygen atoms in total. The minimum absolute atomic E-state index is 0.0922. The molecular formula is C22H28N2O3S. The Morgan fingerprint density at radius 1 is 0.929 bits per heavy atom. The van der Waals surface area contributed by atoms with E-state index >= 15 is 0 Å². The van der Waals surface area contributed by atoms with Gasteiger partial charge in [0.25, 0.3) is 15.9 Å². The van der Waals surface area contributed by atoms with Crippen LogP contribution in [0.25, 0.3) is 0 Å². The molecule has 0 unspecified atom stereocenters. The van der Waals surface area contributed by atoms with Crippen LogP contribution >= 0.6 is 0 Å². The molecule has 150 valence electrons. The largest absolute Gasteiger partial charge is 0.349 e. The lowest BCUT2D eigenvalue weighted by atomic mass is 9.95. The van der Waals surface area contributed by atoms with E-state index in [0.29, 0.717) is 11.3 Å². The van der Waals surface area contributed by atoms with Gasteiger partial charge in [-0.25, -0.2) is 8.42 Å². The molecular weight excluding hydrogens is 372 g/mol. The zero-order chi connectivity index (χ0) is 20.3. The highest BCUT2D eigenvalue weighted by Crippen LogP contribution is 2.25. The molecule has 1 amide bonds. The van der Waals surface area contributed by atoms with Gasteiger partial charge in [0.05, 0.1) is 10.6 Å². The standard InChI is InChI=1S/C22H28N2O3S/c1-15-12-13-19(14-20(15)22(25)23-18-10-5-4-6-11-18)28(26,27)24-21-16(2)8-7-9-17(21)3/h7-9,12-14,18,24H,4-6,10-11H2,1-3H3,(H,23,25). The van der Waals surface area contributed by atoms with E-state index in [2.05, 4.69) is 10.0 Å². The number of hydrogen-bond acceptors (Lipinski definition) is 3. The SMILES string of the molecule is Cc1ccc(S(=O)(=O)Nc2c(C)cccc2C)cc1C(=O)NC1CCCCC1. The summed E-state index contributed by atoms with van der Waals surface area (Å²) in [6.45, 7) is 5.55. The van der Waals surface area contributed by atoms with E-state index in [1.807, 2.05) is 39.0 Å². The number of rotatable bonds is 5. The molecule has 0 aromatic heterocycles. The maximum absolute atomic E-state index is 12.9. The number of aryl methyl sites for hydroxylation is 3. The number of nitrogens with one attached hydrogen (secondary N) is 2.